The zero-order valence-electron chi connectivity index (χ0n) is 21.5. The van der Waals surface area contributed by atoms with Gasteiger partial charge in [0.15, 0.2) is 0 Å². The molecule has 37 heavy (non-hydrogen) atoms. The Morgan fingerprint density at radius 1 is 1.00 bits per heavy atom. The van der Waals surface area contributed by atoms with E-state index < -0.39 is 17.7 Å². The number of Topliss-reactive ketones (excluding diaryl/α,β-unsaturated/α-hetero) is 1. The van der Waals surface area contributed by atoms with Crippen molar-refractivity contribution in [2.24, 2.45) is 5.92 Å². The number of aliphatic hydroxyl groups is 1. The lowest BCUT2D eigenvalue weighted by Crippen LogP contribution is -2.29. The van der Waals surface area contributed by atoms with Crippen LogP contribution in [0.2, 0.25) is 5.02 Å². The van der Waals surface area contributed by atoms with Gasteiger partial charge in [-0.25, -0.2) is 0 Å². The Hall–Kier alpha value is -3.77. The number of ketones is 1. The Morgan fingerprint density at radius 2 is 1.70 bits per heavy atom. The van der Waals surface area contributed by atoms with Crippen LogP contribution in [0.15, 0.2) is 66.2 Å². The third kappa shape index (κ3) is 5.07. The molecule has 1 aliphatic rings. The smallest absolute Gasteiger partial charge is 0.300 e. The van der Waals surface area contributed by atoms with Crippen LogP contribution in [-0.2, 0) is 9.59 Å². The number of nitrogens with zero attached hydrogens (tertiary/aromatic N) is 1. The van der Waals surface area contributed by atoms with E-state index in [4.69, 9.17) is 21.1 Å². The van der Waals surface area contributed by atoms with Crippen LogP contribution in [0.1, 0.15) is 42.1 Å². The number of amides is 1. The molecule has 1 N–H and O–H groups in total. The lowest BCUT2D eigenvalue weighted by molar-refractivity contribution is -0.132. The number of rotatable bonds is 7. The number of benzene rings is 3. The van der Waals surface area contributed by atoms with Crippen molar-refractivity contribution in [1.82, 2.24) is 0 Å². The van der Waals surface area contributed by atoms with Gasteiger partial charge in [-0.05, 0) is 72.9 Å². The molecule has 1 amide bonds. The minimum Gasteiger partial charge on any atom is -0.507 e. The molecule has 1 fully saturated rings. The van der Waals surface area contributed by atoms with Gasteiger partial charge in [0.05, 0.1) is 30.4 Å². The molecule has 0 aromatic heterocycles. The van der Waals surface area contributed by atoms with E-state index in [1.54, 1.807) is 36.4 Å². The van der Waals surface area contributed by atoms with Crippen molar-refractivity contribution in [2.45, 2.75) is 33.7 Å². The molecule has 3 aromatic carbocycles. The number of carbonyl (C=O) groups is 2. The summed E-state index contributed by atoms with van der Waals surface area (Å²) < 4.78 is 11.1. The van der Waals surface area contributed by atoms with Crippen molar-refractivity contribution in [2.75, 3.05) is 18.6 Å². The van der Waals surface area contributed by atoms with Crippen LogP contribution in [0.5, 0.6) is 11.5 Å². The minimum absolute atomic E-state index is 0.0153. The van der Waals surface area contributed by atoms with Crippen molar-refractivity contribution in [3.63, 3.8) is 0 Å². The minimum atomic E-state index is -0.845. The van der Waals surface area contributed by atoms with Gasteiger partial charge in [-0.15, -0.1) is 0 Å². The van der Waals surface area contributed by atoms with Gasteiger partial charge in [0.2, 0.25) is 0 Å². The van der Waals surface area contributed by atoms with Crippen LogP contribution in [0.25, 0.3) is 5.76 Å². The zero-order chi connectivity index (χ0) is 26.9. The summed E-state index contributed by atoms with van der Waals surface area (Å²) in [5, 5.41) is 11.8. The molecule has 0 saturated carbocycles. The van der Waals surface area contributed by atoms with E-state index in [2.05, 4.69) is 13.8 Å². The highest BCUT2D eigenvalue weighted by atomic mass is 35.5. The summed E-state index contributed by atoms with van der Waals surface area (Å²) in [5.41, 5.74) is 3.28. The van der Waals surface area contributed by atoms with Crippen molar-refractivity contribution >= 4 is 34.7 Å². The number of hydrogen-bond acceptors (Lipinski definition) is 5. The first kappa shape index (κ1) is 26.3. The van der Waals surface area contributed by atoms with Gasteiger partial charge in [-0.3, -0.25) is 14.5 Å². The SMILES string of the molecule is COc1ccc(N2C(=O)C(=O)/C(=C(/O)c3ccc(OCC(C)C)c(C)c3)C2c2ccccc2C)cc1Cl. The number of hydrogen-bond donors (Lipinski definition) is 1. The normalized spacial score (nSPS) is 16.9. The number of methoxy groups -OCH3 is 1. The van der Waals surface area contributed by atoms with Crippen molar-refractivity contribution in [3.05, 3.63) is 93.5 Å². The molecule has 1 heterocycles. The summed E-state index contributed by atoms with van der Waals surface area (Å²) in [4.78, 5) is 28.2. The summed E-state index contributed by atoms with van der Waals surface area (Å²) in [6, 6.07) is 16.8. The largest absolute Gasteiger partial charge is 0.507 e. The second-order valence-electron chi connectivity index (χ2n) is 9.53. The molecule has 6 nitrogen and oxygen atoms in total. The summed E-state index contributed by atoms with van der Waals surface area (Å²) in [6.45, 7) is 8.48. The third-order valence-electron chi connectivity index (χ3n) is 6.36. The molecule has 4 rings (SSSR count). The van der Waals surface area contributed by atoms with Crippen LogP contribution >= 0.6 is 11.6 Å². The molecule has 0 aliphatic carbocycles. The monoisotopic (exact) mass is 519 g/mol. The number of aliphatic hydroxyl groups excluding tert-OH is 1. The molecule has 0 radical (unpaired) electrons. The predicted octanol–water partition coefficient (Wildman–Crippen LogP) is 6.63. The van der Waals surface area contributed by atoms with Crippen LogP contribution < -0.4 is 14.4 Å². The maximum Gasteiger partial charge on any atom is 0.300 e. The second-order valence-corrected chi connectivity index (χ2v) is 9.94. The Bertz CT molecular complexity index is 1390. The highest BCUT2D eigenvalue weighted by Crippen LogP contribution is 2.44. The summed E-state index contributed by atoms with van der Waals surface area (Å²) in [5.74, 6) is -0.241. The van der Waals surface area contributed by atoms with Crippen LogP contribution in [0.4, 0.5) is 5.69 Å². The second kappa shape index (κ2) is 10.7. The molecular weight excluding hydrogens is 490 g/mol. The highest BCUT2D eigenvalue weighted by Gasteiger charge is 2.47. The van der Waals surface area contributed by atoms with Crippen LogP contribution in [0.3, 0.4) is 0 Å². The average Bonchev–Trinajstić information content (AvgIpc) is 3.13. The molecular formula is C30H30ClNO5. The van der Waals surface area contributed by atoms with E-state index in [1.807, 2.05) is 38.1 Å². The van der Waals surface area contributed by atoms with E-state index in [0.29, 0.717) is 40.3 Å². The molecule has 7 heteroatoms. The molecule has 1 aliphatic heterocycles. The highest BCUT2D eigenvalue weighted by molar-refractivity contribution is 6.52. The number of ether oxygens (including phenoxy) is 2. The van der Waals surface area contributed by atoms with E-state index >= 15 is 0 Å². The van der Waals surface area contributed by atoms with Crippen molar-refractivity contribution in [1.29, 1.82) is 0 Å². The van der Waals surface area contributed by atoms with Crippen molar-refractivity contribution in [3.8, 4) is 11.5 Å². The van der Waals surface area contributed by atoms with Crippen LogP contribution in [-0.4, -0.2) is 30.5 Å². The Labute approximate surface area is 222 Å². The first-order valence-corrected chi connectivity index (χ1v) is 12.5. The molecule has 3 aromatic rings. The average molecular weight is 520 g/mol. The van der Waals surface area contributed by atoms with E-state index in [1.165, 1.54) is 12.0 Å². The fourth-order valence-corrected chi connectivity index (χ4v) is 4.71. The van der Waals surface area contributed by atoms with Gasteiger partial charge < -0.3 is 14.6 Å². The van der Waals surface area contributed by atoms with Gasteiger partial charge >= 0.3 is 0 Å². The molecule has 0 spiro atoms. The molecule has 1 atom stereocenters. The van der Waals surface area contributed by atoms with Gasteiger partial charge in [-0.2, -0.15) is 0 Å². The summed E-state index contributed by atoms with van der Waals surface area (Å²) in [6.07, 6.45) is 0. The number of aryl methyl sites for hydroxylation is 2. The third-order valence-corrected chi connectivity index (χ3v) is 6.66. The molecule has 192 valence electrons. The van der Waals surface area contributed by atoms with Crippen LogP contribution in [0, 0.1) is 19.8 Å². The lowest BCUT2D eigenvalue weighted by Gasteiger charge is -2.27. The molecule has 1 saturated heterocycles. The van der Waals surface area contributed by atoms with E-state index in [0.717, 1.165) is 16.7 Å². The summed E-state index contributed by atoms with van der Waals surface area (Å²) >= 11 is 6.37. The first-order chi connectivity index (χ1) is 17.6. The summed E-state index contributed by atoms with van der Waals surface area (Å²) in [7, 11) is 1.50. The number of anilines is 1. The lowest BCUT2D eigenvalue weighted by atomic mass is 9.92. The fraction of sp³-hybridized carbons (Fsp3) is 0.267. The number of carbonyl (C=O) groups excluding carboxylic acids is 2. The first-order valence-electron chi connectivity index (χ1n) is 12.1. The predicted molar refractivity (Wildman–Crippen MR) is 145 cm³/mol. The van der Waals surface area contributed by atoms with E-state index in [9.17, 15) is 14.7 Å². The van der Waals surface area contributed by atoms with E-state index in [-0.39, 0.29) is 11.3 Å². The fourth-order valence-electron chi connectivity index (χ4n) is 4.46. The maximum atomic E-state index is 13.4. The standard InChI is InChI=1S/C30H30ClNO5/c1-17(2)16-37-24-12-10-20(14-19(24)4)28(33)26-27(22-9-7-6-8-18(22)3)32(30(35)29(26)34)21-11-13-25(36-5)23(31)15-21/h6-15,17,27,33H,16H2,1-5H3/b28-26+. The van der Waals surface area contributed by atoms with Gasteiger partial charge in [-0.1, -0.05) is 49.7 Å². The van der Waals surface area contributed by atoms with Gasteiger partial charge in [0.25, 0.3) is 11.7 Å². The number of halogens is 1. The Morgan fingerprint density at radius 3 is 2.32 bits per heavy atom. The van der Waals surface area contributed by atoms with Gasteiger partial charge in [0.1, 0.15) is 17.3 Å². The van der Waals surface area contributed by atoms with Crippen molar-refractivity contribution < 1.29 is 24.2 Å². The topological polar surface area (TPSA) is 76.1 Å². The zero-order valence-corrected chi connectivity index (χ0v) is 22.3. The maximum absolute atomic E-state index is 13.4. The van der Waals surface area contributed by atoms with Gasteiger partial charge in [0, 0.05) is 11.3 Å². The Kier molecular flexibility index (Phi) is 7.60. The Balaban J connectivity index is 1.87. The molecule has 0 bridgehead atoms. The molecule has 1 unspecified atom stereocenters. The quantitative estimate of drug-likeness (QED) is 0.215.